The van der Waals surface area contributed by atoms with Crippen LogP contribution in [0.1, 0.15) is 0 Å². The minimum atomic E-state index is 0. The fourth-order valence-corrected chi connectivity index (χ4v) is 0. The van der Waals surface area contributed by atoms with Crippen molar-refractivity contribution >= 4 is 18.9 Å². The topological polar surface area (TPSA) is 17.1 Å². The molecule has 0 atom stereocenters. The molecule has 0 fully saturated rings. The summed E-state index contributed by atoms with van der Waals surface area (Å²) in [5.74, 6) is 0. The van der Waals surface area contributed by atoms with Gasteiger partial charge in [0.15, 0.2) is 0 Å². The summed E-state index contributed by atoms with van der Waals surface area (Å²) in [4.78, 5) is 0. The van der Waals surface area contributed by atoms with Gasteiger partial charge in [-0.3, -0.25) is 0 Å². The van der Waals surface area contributed by atoms with E-state index in [9.17, 15) is 0 Å². The molecule has 0 aliphatic rings. The zero-order valence-corrected chi connectivity index (χ0v) is 5.64. The first kappa shape index (κ1) is 28.5. The van der Waals surface area contributed by atoms with Gasteiger partial charge in [0, 0.05) is 52.4 Å². The van der Waals surface area contributed by atoms with Crippen LogP contribution in [0.15, 0.2) is 0 Å². The summed E-state index contributed by atoms with van der Waals surface area (Å²) in [5, 5.41) is 0. The van der Waals surface area contributed by atoms with Gasteiger partial charge in [-0.1, -0.05) is 0 Å². The molecule has 0 aromatic rings. The van der Waals surface area contributed by atoms with Crippen molar-refractivity contribution in [1.29, 1.82) is 0 Å². The Morgan fingerprint density at radius 3 is 1.20 bits per heavy atom. The summed E-state index contributed by atoms with van der Waals surface area (Å²) < 4.78 is 7.94. The van der Waals surface area contributed by atoms with Crippen LogP contribution in [0.4, 0.5) is 0 Å². The van der Waals surface area contributed by atoms with Crippen LogP contribution in [0, 0.1) is 0 Å². The second kappa shape index (κ2) is 38.9. The number of rotatable bonds is 0. The van der Waals surface area contributed by atoms with Crippen LogP contribution >= 0.6 is 0 Å². The van der Waals surface area contributed by atoms with Crippen LogP contribution < -0.4 is 0 Å². The van der Waals surface area contributed by atoms with Crippen molar-refractivity contribution in [2.24, 2.45) is 0 Å². The summed E-state index contributed by atoms with van der Waals surface area (Å²) in [5.41, 5.74) is 0. The molecular weight excluding hydrogens is 196 g/mol. The van der Waals surface area contributed by atoms with E-state index in [1.807, 2.05) is 0 Å². The van der Waals surface area contributed by atoms with E-state index in [1.165, 1.54) is 0 Å². The molecule has 0 heterocycles. The first-order chi connectivity index (χ1) is 1.00. The van der Waals surface area contributed by atoms with Crippen LogP contribution in [-0.4, -0.2) is 18.9 Å². The van der Waals surface area contributed by atoms with Gasteiger partial charge >= 0.3 is 19.5 Å². The molecular formula is CoLiMnNiO. The maximum atomic E-state index is 7.94. The molecule has 0 spiro atoms. The zero-order chi connectivity index (χ0) is 2.00. The van der Waals surface area contributed by atoms with E-state index in [2.05, 4.69) is 15.7 Å². The third kappa shape index (κ3) is 24.7. The molecule has 1 nitrogen and oxygen atoms in total. The summed E-state index contributed by atoms with van der Waals surface area (Å²) in [7, 11) is 0. The van der Waals surface area contributed by atoms with Gasteiger partial charge < -0.3 is 0 Å². The third-order valence-electron chi connectivity index (χ3n) is 0. The molecule has 0 aliphatic heterocycles. The molecule has 0 aliphatic carbocycles. The second-order valence-corrected chi connectivity index (χ2v) is 0. The number of hydrogen-bond acceptors (Lipinski definition) is 1. The Hall–Kier alpha value is 1.92. The molecule has 0 aromatic carbocycles. The average molecular weight is 196 g/mol. The van der Waals surface area contributed by atoms with Crippen LogP contribution in [0.25, 0.3) is 0 Å². The number of hydrogen-bond donors (Lipinski definition) is 0. The Balaban J connectivity index is -0.00000000167. The van der Waals surface area contributed by atoms with Crippen molar-refractivity contribution in [2.75, 3.05) is 0 Å². The van der Waals surface area contributed by atoms with Crippen molar-refractivity contribution < 1.29 is 53.1 Å². The molecule has 0 bridgehead atoms. The van der Waals surface area contributed by atoms with Gasteiger partial charge in [-0.2, -0.15) is 0 Å². The molecule has 2 radical (unpaired) electrons. The normalized spacial score (nSPS) is 1.00. The van der Waals surface area contributed by atoms with Crippen molar-refractivity contribution in [3.63, 3.8) is 0 Å². The van der Waals surface area contributed by atoms with Gasteiger partial charge in [0.05, 0.1) is 0 Å². The quantitative estimate of drug-likeness (QED) is 0.476. The molecule has 5 heteroatoms. The second-order valence-electron chi connectivity index (χ2n) is 0. The van der Waals surface area contributed by atoms with Crippen molar-refractivity contribution in [3.05, 3.63) is 0 Å². The first-order valence-corrected chi connectivity index (χ1v) is 0.561. The van der Waals surface area contributed by atoms with Crippen molar-refractivity contribution in [2.45, 2.75) is 0 Å². The molecule has 0 unspecified atom stereocenters. The van der Waals surface area contributed by atoms with Crippen LogP contribution in [0.3, 0.4) is 0 Å². The predicted molar refractivity (Wildman–Crippen MR) is 6.44 cm³/mol. The average Bonchev–Trinajstić information content (AvgIpc) is 1.00. The Bertz CT molecular complexity index is 11.6. The minimum absolute atomic E-state index is 0. The molecule has 0 rings (SSSR count). The standard InChI is InChI=1S/Co.Li.Mn.Ni.O. The van der Waals surface area contributed by atoms with E-state index in [0.717, 1.165) is 0 Å². The maximum absolute atomic E-state index is 7.94. The summed E-state index contributed by atoms with van der Waals surface area (Å²) >= 11 is 2.31. The molecule has 5 heavy (non-hydrogen) atoms. The van der Waals surface area contributed by atoms with E-state index in [-0.39, 0.29) is 52.4 Å². The zero-order valence-electron chi connectivity index (χ0n) is 2.44. The monoisotopic (exact) mass is 195 g/mol. The van der Waals surface area contributed by atoms with E-state index >= 15 is 0 Å². The third-order valence-corrected chi connectivity index (χ3v) is 0. The summed E-state index contributed by atoms with van der Waals surface area (Å²) in [6.07, 6.45) is 0. The van der Waals surface area contributed by atoms with Gasteiger partial charge in [-0.05, 0) is 0 Å². The molecule has 0 saturated heterocycles. The SMILES string of the molecule is [Li].[Mn].[Ni].[O]=[Co]. The van der Waals surface area contributed by atoms with Gasteiger partial charge in [0.1, 0.15) is 0 Å². The summed E-state index contributed by atoms with van der Waals surface area (Å²) in [6, 6.07) is 0. The van der Waals surface area contributed by atoms with Crippen molar-refractivity contribution in [1.82, 2.24) is 0 Å². The molecule has 0 aromatic heterocycles. The van der Waals surface area contributed by atoms with Gasteiger partial charge in [0.2, 0.25) is 0 Å². The molecule has 33 valence electrons. The Morgan fingerprint density at radius 1 is 1.20 bits per heavy atom. The Kier molecular flexibility index (Phi) is 222. The van der Waals surface area contributed by atoms with E-state index in [1.54, 1.807) is 0 Å². The van der Waals surface area contributed by atoms with Crippen molar-refractivity contribution in [3.8, 4) is 0 Å². The van der Waals surface area contributed by atoms with Gasteiger partial charge in [0.25, 0.3) is 0 Å². The van der Waals surface area contributed by atoms with E-state index in [4.69, 9.17) is 3.87 Å². The fraction of sp³-hybridized carbons (Fsp3) is 0. The van der Waals surface area contributed by atoms with Gasteiger partial charge in [-0.25, -0.2) is 0 Å². The predicted octanol–water partition coefficient (Wildman–Crippen LogP) is -0.507. The van der Waals surface area contributed by atoms with Crippen LogP contribution in [0.5, 0.6) is 0 Å². The molecule has 0 saturated carbocycles. The van der Waals surface area contributed by atoms with E-state index < -0.39 is 0 Å². The molecule has 0 amide bonds. The Morgan fingerprint density at radius 2 is 1.20 bits per heavy atom. The van der Waals surface area contributed by atoms with E-state index in [0.29, 0.717) is 0 Å². The summed E-state index contributed by atoms with van der Waals surface area (Å²) in [6.45, 7) is 0. The Labute approximate surface area is 71.4 Å². The fourth-order valence-electron chi connectivity index (χ4n) is 0. The molecule has 0 N–H and O–H groups in total. The van der Waals surface area contributed by atoms with Gasteiger partial charge in [-0.15, -0.1) is 0 Å². The van der Waals surface area contributed by atoms with Crippen LogP contribution in [0.2, 0.25) is 0 Å². The van der Waals surface area contributed by atoms with Crippen LogP contribution in [-0.2, 0) is 53.1 Å². The first-order valence-electron chi connectivity index (χ1n) is 0.136.